The highest BCUT2D eigenvalue weighted by atomic mass is 32.2. The van der Waals surface area contributed by atoms with Gasteiger partial charge in [0.1, 0.15) is 5.03 Å². The van der Waals surface area contributed by atoms with E-state index in [1.54, 1.807) is 12.4 Å². The number of carbonyl (C=O) groups excluding carboxylic acids is 1. The highest BCUT2D eigenvalue weighted by Crippen LogP contribution is 2.18. The van der Waals surface area contributed by atoms with E-state index >= 15 is 0 Å². The first-order valence-electron chi connectivity index (χ1n) is 5.48. The SMILES string of the molecule is CCCNC(=O)CSc1nccn2ccnc12. The maximum atomic E-state index is 11.5. The molecule has 0 bridgehead atoms. The molecular formula is C11H14N4OS. The van der Waals surface area contributed by atoms with Crippen molar-refractivity contribution in [1.29, 1.82) is 0 Å². The van der Waals surface area contributed by atoms with Crippen LogP contribution >= 0.6 is 11.8 Å². The third kappa shape index (κ3) is 2.97. The molecular weight excluding hydrogens is 236 g/mol. The largest absolute Gasteiger partial charge is 0.355 e. The molecule has 1 N–H and O–H groups in total. The van der Waals surface area contributed by atoms with Crippen molar-refractivity contribution in [3.8, 4) is 0 Å². The first kappa shape index (κ1) is 11.9. The summed E-state index contributed by atoms with van der Waals surface area (Å²) in [5.41, 5.74) is 0.792. The van der Waals surface area contributed by atoms with Crippen molar-refractivity contribution in [3.05, 3.63) is 24.8 Å². The van der Waals surface area contributed by atoms with Crippen LogP contribution in [0, 0.1) is 0 Å². The van der Waals surface area contributed by atoms with E-state index in [2.05, 4.69) is 15.3 Å². The predicted octanol–water partition coefficient (Wildman–Crippen LogP) is 1.35. The van der Waals surface area contributed by atoms with Gasteiger partial charge in [-0.15, -0.1) is 0 Å². The van der Waals surface area contributed by atoms with Crippen molar-refractivity contribution in [3.63, 3.8) is 0 Å². The Morgan fingerprint density at radius 1 is 1.41 bits per heavy atom. The number of amides is 1. The van der Waals surface area contributed by atoms with Crippen molar-refractivity contribution < 1.29 is 4.79 Å². The summed E-state index contributed by atoms with van der Waals surface area (Å²) in [6, 6.07) is 0. The van der Waals surface area contributed by atoms with Crippen molar-refractivity contribution >= 4 is 23.3 Å². The number of imidazole rings is 1. The number of aromatic nitrogens is 3. The lowest BCUT2D eigenvalue weighted by Crippen LogP contribution is -2.25. The first-order valence-corrected chi connectivity index (χ1v) is 6.47. The van der Waals surface area contributed by atoms with Crippen LogP contribution in [0.4, 0.5) is 0 Å². The second-order valence-electron chi connectivity index (χ2n) is 3.53. The zero-order valence-electron chi connectivity index (χ0n) is 9.59. The summed E-state index contributed by atoms with van der Waals surface area (Å²) in [4.78, 5) is 19.9. The van der Waals surface area contributed by atoms with Crippen LogP contribution in [-0.4, -0.2) is 32.6 Å². The summed E-state index contributed by atoms with van der Waals surface area (Å²) in [6.07, 6.45) is 8.07. The minimum absolute atomic E-state index is 0.0345. The highest BCUT2D eigenvalue weighted by molar-refractivity contribution is 8.00. The van der Waals surface area contributed by atoms with Crippen LogP contribution in [0.3, 0.4) is 0 Å². The van der Waals surface area contributed by atoms with Crippen molar-refractivity contribution in [2.24, 2.45) is 0 Å². The van der Waals surface area contributed by atoms with Gasteiger partial charge < -0.3 is 9.72 Å². The number of nitrogens with zero attached hydrogens (tertiary/aromatic N) is 3. The lowest BCUT2D eigenvalue weighted by Gasteiger charge is -2.03. The molecule has 0 aliphatic heterocycles. The van der Waals surface area contributed by atoms with E-state index < -0.39 is 0 Å². The molecule has 1 amide bonds. The molecule has 0 radical (unpaired) electrons. The van der Waals surface area contributed by atoms with Crippen LogP contribution < -0.4 is 5.32 Å². The van der Waals surface area contributed by atoms with Crippen LogP contribution in [0.15, 0.2) is 29.8 Å². The van der Waals surface area contributed by atoms with E-state index in [0.717, 1.165) is 23.6 Å². The number of carbonyl (C=O) groups is 1. The highest BCUT2D eigenvalue weighted by Gasteiger charge is 2.07. The Morgan fingerprint density at radius 2 is 2.18 bits per heavy atom. The molecule has 0 atom stereocenters. The van der Waals surface area contributed by atoms with Gasteiger partial charge in [-0.1, -0.05) is 18.7 Å². The van der Waals surface area contributed by atoms with Gasteiger partial charge in [-0.25, -0.2) is 9.97 Å². The summed E-state index contributed by atoms with van der Waals surface area (Å²) >= 11 is 1.41. The van der Waals surface area contributed by atoms with Crippen molar-refractivity contribution in [2.75, 3.05) is 12.3 Å². The molecule has 2 aromatic heterocycles. The molecule has 0 saturated carbocycles. The topological polar surface area (TPSA) is 59.3 Å². The number of hydrogen-bond donors (Lipinski definition) is 1. The van der Waals surface area contributed by atoms with Gasteiger partial charge in [-0.05, 0) is 6.42 Å². The van der Waals surface area contributed by atoms with Crippen LogP contribution in [0.2, 0.25) is 0 Å². The van der Waals surface area contributed by atoms with Gasteiger partial charge >= 0.3 is 0 Å². The zero-order chi connectivity index (χ0) is 12.1. The van der Waals surface area contributed by atoms with Gasteiger partial charge in [0.2, 0.25) is 5.91 Å². The molecule has 0 unspecified atom stereocenters. The molecule has 0 aliphatic carbocycles. The third-order valence-electron chi connectivity index (χ3n) is 2.19. The van der Waals surface area contributed by atoms with Crippen molar-refractivity contribution in [2.45, 2.75) is 18.4 Å². The van der Waals surface area contributed by atoms with Crippen molar-refractivity contribution in [1.82, 2.24) is 19.7 Å². The molecule has 6 heteroatoms. The second kappa shape index (κ2) is 5.67. The molecule has 2 aromatic rings. The average Bonchev–Trinajstić information content (AvgIpc) is 2.82. The van der Waals surface area contributed by atoms with Gasteiger partial charge in [0, 0.05) is 31.3 Å². The van der Waals surface area contributed by atoms with Crippen LogP contribution in [0.25, 0.3) is 5.65 Å². The Morgan fingerprint density at radius 3 is 2.94 bits per heavy atom. The number of fused-ring (bicyclic) bond motifs is 1. The van der Waals surface area contributed by atoms with E-state index in [-0.39, 0.29) is 5.91 Å². The fraction of sp³-hybridized carbons (Fsp3) is 0.364. The minimum atomic E-state index is 0.0345. The minimum Gasteiger partial charge on any atom is -0.355 e. The summed E-state index contributed by atoms with van der Waals surface area (Å²) in [5.74, 6) is 0.409. The summed E-state index contributed by atoms with van der Waals surface area (Å²) in [7, 11) is 0. The van der Waals surface area contributed by atoms with Crippen LogP contribution in [0.5, 0.6) is 0 Å². The summed E-state index contributed by atoms with van der Waals surface area (Å²) < 4.78 is 1.89. The summed E-state index contributed by atoms with van der Waals surface area (Å²) in [5, 5.41) is 3.61. The van der Waals surface area contributed by atoms with Gasteiger partial charge in [0.15, 0.2) is 5.65 Å². The Hall–Kier alpha value is -1.56. The monoisotopic (exact) mass is 250 g/mol. The molecule has 2 rings (SSSR count). The van der Waals surface area contributed by atoms with Gasteiger partial charge in [-0.2, -0.15) is 0 Å². The average molecular weight is 250 g/mol. The van der Waals surface area contributed by atoms with E-state index in [9.17, 15) is 4.79 Å². The number of thioether (sulfide) groups is 1. The Balaban J connectivity index is 1.99. The third-order valence-corrected chi connectivity index (χ3v) is 3.16. The normalized spacial score (nSPS) is 10.6. The van der Waals surface area contributed by atoms with E-state index in [4.69, 9.17) is 0 Å². The summed E-state index contributed by atoms with van der Waals surface area (Å²) in [6.45, 7) is 2.75. The maximum absolute atomic E-state index is 11.5. The number of nitrogens with one attached hydrogen (secondary N) is 1. The van der Waals surface area contributed by atoms with Crippen LogP contribution in [-0.2, 0) is 4.79 Å². The number of rotatable bonds is 5. The number of hydrogen-bond acceptors (Lipinski definition) is 4. The van der Waals surface area contributed by atoms with E-state index in [1.165, 1.54) is 11.8 Å². The lowest BCUT2D eigenvalue weighted by atomic mass is 10.5. The molecule has 2 heterocycles. The quantitative estimate of drug-likeness (QED) is 0.814. The molecule has 0 fully saturated rings. The predicted molar refractivity (Wildman–Crippen MR) is 67.0 cm³/mol. The molecule has 0 saturated heterocycles. The fourth-order valence-electron chi connectivity index (χ4n) is 1.38. The fourth-order valence-corrected chi connectivity index (χ4v) is 2.17. The smallest absolute Gasteiger partial charge is 0.230 e. The second-order valence-corrected chi connectivity index (χ2v) is 4.49. The molecule has 5 nitrogen and oxygen atoms in total. The lowest BCUT2D eigenvalue weighted by molar-refractivity contribution is -0.118. The Kier molecular flexibility index (Phi) is 3.98. The van der Waals surface area contributed by atoms with Gasteiger partial charge in [0.25, 0.3) is 0 Å². The first-order chi connectivity index (χ1) is 8.31. The zero-order valence-corrected chi connectivity index (χ0v) is 10.4. The van der Waals surface area contributed by atoms with E-state index in [0.29, 0.717) is 5.75 Å². The van der Waals surface area contributed by atoms with Gasteiger partial charge in [-0.3, -0.25) is 4.79 Å². The standard InChI is InChI=1S/C11H14N4OS/c1-2-3-12-9(16)8-17-11-10-13-4-6-15(10)7-5-14-11/h4-7H,2-3,8H2,1H3,(H,12,16). The molecule has 90 valence electrons. The Bertz CT molecular complexity index is 511. The van der Waals surface area contributed by atoms with Crippen LogP contribution in [0.1, 0.15) is 13.3 Å². The molecule has 17 heavy (non-hydrogen) atoms. The maximum Gasteiger partial charge on any atom is 0.230 e. The molecule has 0 aromatic carbocycles. The van der Waals surface area contributed by atoms with Gasteiger partial charge in [0.05, 0.1) is 5.75 Å². The Labute approximate surface area is 104 Å². The van der Waals surface area contributed by atoms with E-state index in [1.807, 2.05) is 23.7 Å². The molecule has 0 spiro atoms. The molecule has 0 aliphatic rings.